The van der Waals surface area contributed by atoms with Gasteiger partial charge in [-0.1, -0.05) is 0 Å². The van der Waals surface area contributed by atoms with Crippen molar-refractivity contribution in [1.29, 1.82) is 0 Å². The van der Waals surface area contributed by atoms with Crippen molar-refractivity contribution in [2.45, 2.75) is 18.2 Å². The van der Waals surface area contributed by atoms with Gasteiger partial charge in [-0.05, 0) is 6.92 Å². The molecule has 1 rings (SSSR count). The van der Waals surface area contributed by atoms with Gasteiger partial charge in [0, 0.05) is 35.9 Å². The summed E-state index contributed by atoms with van der Waals surface area (Å²) in [5.41, 5.74) is 7.01. The van der Waals surface area contributed by atoms with Crippen LogP contribution in [0.1, 0.15) is 17.7 Å². The summed E-state index contributed by atoms with van der Waals surface area (Å²) in [6, 6.07) is 0.0655. The molecule has 2 atom stereocenters. The molecule has 0 aliphatic heterocycles. The van der Waals surface area contributed by atoms with E-state index in [9.17, 15) is 0 Å². The maximum atomic E-state index is 8.77. The van der Waals surface area contributed by atoms with E-state index in [1.165, 1.54) is 0 Å². The minimum Gasteiger partial charge on any atom is -0.396 e. The summed E-state index contributed by atoms with van der Waals surface area (Å²) in [6.45, 7) is 2.16. The van der Waals surface area contributed by atoms with E-state index in [-0.39, 0.29) is 17.9 Å². The Morgan fingerprint density at radius 3 is 2.86 bits per heavy atom. The molecule has 0 spiro atoms. The zero-order chi connectivity index (χ0) is 10.6. The zero-order valence-electron chi connectivity index (χ0n) is 8.55. The van der Waals surface area contributed by atoms with Crippen molar-refractivity contribution in [3.05, 3.63) is 18.0 Å². The Hall–Kier alpha value is -0.520. The molecule has 0 saturated heterocycles. The summed E-state index contributed by atoms with van der Waals surface area (Å²) >= 11 is 1.67. The predicted molar refractivity (Wildman–Crippen MR) is 59.1 cm³/mol. The van der Waals surface area contributed by atoms with Crippen molar-refractivity contribution in [2.24, 2.45) is 12.8 Å². The average Bonchev–Trinajstić information content (AvgIpc) is 2.52. The van der Waals surface area contributed by atoms with Crippen LogP contribution in [0.4, 0.5) is 0 Å². The lowest BCUT2D eigenvalue weighted by atomic mass is 10.1. The summed E-state index contributed by atoms with van der Waals surface area (Å²) in [5, 5.41) is 13.1. The van der Waals surface area contributed by atoms with Crippen LogP contribution in [0.2, 0.25) is 0 Å². The number of nitrogens with zero attached hydrogens (tertiary/aromatic N) is 2. The lowest BCUT2D eigenvalue weighted by Gasteiger charge is -2.18. The van der Waals surface area contributed by atoms with E-state index in [2.05, 4.69) is 5.10 Å². The number of aliphatic hydroxyl groups excluding tert-OH is 1. The highest BCUT2D eigenvalue weighted by molar-refractivity contribution is 7.99. The van der Waals surface area contributed by atoms with Gasteiger partial charge in [-0.3, -0.25) is 4.68 Å². The lowest BCUT2D eigenvalue weighted by molar-refractivity contribution is 0.322. The van der Waals surface area contributed by atoms with Crippen molar-refractivity contribution in [1.82, 2.24) is 9.78 Å². The third-order valence-corrected chi connectivity index (χ3v) is 3.40. The summed E-state index contributed by atoms with van der Waals surface area (Å²) in [4.78, 5) is 0. The molecule has 14 heavy (non-hydrogen) atoms. The highest BCUT2D eigenvalue weighted by atomic mass is 32.2. The molecule has 0 aliphatic carbocycles. The average molecular weight is 215 g/mol. The summed E-state index contributed by atoms with van der Waals surface area (Å²) < 4.78 is 1.77. The third-order valence-electron chi connectivity index (χ3n) is 1.92. The monoisotopic (exact) mass is 215 g/mol. The minimum absolute atomic E-state index is 0.0655. The van der Waals surface area contributed by atoms with Crippen LogP contribution in [0, 0.1) is 0 Å². The molecule has 0 aliphatic rings. The molecule has 3 N–H and O–H groups in total. The van der Waals surface area contributed by atoms with Gasteiger partial charge in [-0.25, -0.2) is 0 Å². The largest absolute Gasteiger partial charge is 0.396 e. The van der Waals surface area contributed by atoms with Crippen LogP contribution in [0.25, 0.3) is 0 Å². The number of hydrogen-bond donors (Lipinski definition) is 2. The molecule has 2 unspecified atom stereocenters. The summed E-state index contributed by atoms with van der Waals surface area (Å²) in [5.74, 6) is 0.709. The van der Waals surface area contributed by atoms with E-state index >= 15 is 0 Å². The second kappa shape index (κ2) is 5.38. The summed E-state index contributed by atoms with van der Waals surface area (Å²) in [6.07, 6.45) is 3.80. The third kappa shape index (κ3) is 3.01. The van der Waals surface area contributed by atoms with Crippen LogP contribution in [0.15, 0.2) is 12.4 Å². The van der Waals surface area contributed by atoms with E-state index in [0.717, 1.165) is 5.56 Å². The topological polar surface area (TPSA) is 64.1 Å². The normalized spacial score (nSPS) is 15.4. The molecule has 1 heterocycles. The van der Waals surface area contributed by atoms with Gasteiger partial charge in [-0.15, -0.1) is 11.8 Å². The fourth-order valence-corrected chi connectivity index (χ4v) is 2.30. The second-order valence-electron chi connectivity index (χ2n) is 3.32. The molecule has 0 radical (unpaired) electrons. The molecular weight excluding hydrogens is 198 g/mol. The van der Waals surface area contributed by atoms with Crippen LogP contribution in [0.3, 0.4) is 0 Å². The second-order valence-corrected chi connectivity index (χ2v) is 4.57. The van der Waals surface area contributed by atoms with Crippen LogP contribution in [0.5, 0.6) is 0 Å². The number of thioether (sulfide) groups is 1. The lowest BCUT2D eigenvalue weighted by Crippen LogP contribution is -2.22. The van der Waals surface area contributed by atoms with Crippen molar-refractivity contribution in [2.75, 3.05) is 12.4 Å². The molecule has 80 valence electrons. The van der Waals surface area contributed by atoms with E-state index in [1.54, 1.807) is 16.4 Å². The molecule has 5 heteroatoms. The molecule has 0 fully saturated rings. The Bertz CT molecular complexity index is 275. The van der Waals surface area contributed by atoms with Gasteiger partial charge >= 0.3 is 0 Å². The first-order chi connectivity index (χ1) is 6.65. The van der Waals surface area contributed by atoms with Crippen molar-refractivity contribution in [3.63, 3.8) is 0 Å². The Morgan fingerprint density at radius 2 is 2.43 bits per heavy atom. The molecule has 0 bridgehead atoms. The van der Waals surface area contributed by atoms with Crippen LogP contribution < -0.4 is 5.73 Å². The zero-order valence-corrected chi connectivity index (χ0v) is 9.37. The number of nitrogens with two attached hydrogens (primary N) is 1. The fourth-order valence-electron chi connectivity index (χ4n) is 1.32. The van der Waals surface area contributed by atoms with Crippen molar-refractivity contribution >= 4 is 11.8 Å². The Labute approximate surface area is 88.5 Å². The number of aryl methyl sites for hydroxylation is 1. The predicted octanol–water partition coefficient (Wildman–Crippen LogP) is 0.534. The number of aromatic nitrogens is 2. The van der Waals surface area contributed by atoms with Gasteiger partial charge in [0.15, 0.2) is 0 Å². The maximum absolute atomic E-state index is 8.77. The van der Waals surface area contributed by atoms with Crippen molar-refractivity contribution in [3.8, 4) is 0 Å². The van der Waals surface area contributed by atoms with Gasteiger partial charge < -0.3 is 10.8 Å². The highest BCUT2D eigenvalue weighted by Crippen LogP contribution is 2.30. The first-order valence-electron chi connectivity index (χ1n) is 4.61. The van der Waals surface area contributed by atoms with Gasteiger partial charge in [0.05, 0.1) is 12.8 Å². The first kappa shape index (κ1) is 11.6. The SMILES string of the molecule is CC(N)C(SCCO)c1cnn(C)c1. The van der Waals surface area contributed by atoms with E-state index < -0.39 is 0 Å². The van der Waals surface area contributed by atoms with Crippen LogP contribution in [-0.2, 0) is 7.05 Å². The Balaban J connectivity index is 2.67. The number of rotatable bonds is 5. The minimum atomic E-state index is 0.0655. The molecule has 1 aromatic heterocycles. The van der Waals surface area contributed by atoms with Crippen molar-refractivity contribution < 1.29 is 5.11 Å². The standard InChI is InChI=1S/C9H17N3OS/c1-7(10)9(14-4-3-13)8-5-11-12(2)6-8/h5-7,9,13H,3-4,10H2,1-2H3. The van der Waals surface area contributed by atoms with E-state index in [1.807, 2.05) is 26.4 Å². The number of hydrogen-bond acceptors (Lipinski definition) is 4. The van der Waals surface area contributed by atoms with Gasteiger partial charge in [-0.2, -0.15) is 5.10 Å². The van der Waals surface area contributed by atoms with Crippen LogP contribution in [-0.4, -0.2) is 33.3 Å². The summed E-state index contributed by atoms with van der Waals surface area (Å²) in [7, 11) is 1.89. The molecule has 0 saturated carbocycles. The van der Waals surface area contributed by atoms with Gasteiger partial charge in [0.1, 0.15) is 0 Å². The smallest absolute Gasteiger partial charge is 0.0533 e. The highest BCUT2D eigenvalue weighted by Gasteiger charge is 2.17. The molecular formula is C9H17N3OS. The quantitative estimate of drug-likeness (QED) is 0.752. The maximum Gasteiger partial charge on any atom is 0.0533 e. The van der Waals surface area contributed by atoms with E-state index in [4.69, 9.17) is 10.8 Å². The Morgan fingerprint density at radius 1 is 1.71 bits per heavy atom. The molecule has 1 aromatic rings. The van der Waals surface area contributed by atoms with Gasteiger partial charge in [0.25, 0.3) is 0 Å². The number of aliphatic hydroxyl groups is 1. The molecule has 0 amide bonds. The van der Waals surface area contributed by atoms with E-state index in [0.29, 0.717) is 5.75 Å². The fraction of sp³-hybridized carbons (Fsp3) is 0.667. The Kier molecular flexibility index (Phi) is 4.44. The molecule has 4 nitrogen and oxygen atoms in total. The first-order valence-corrected chi connectivity index (χ1v) is 5.66. The molecule has 0 aromatic carbocycles. The van der Waals surface area contributed by atoms with Gasteiger partial charge in [0.2, 0.25) is 0 Å². The van der Waals surface area contributed by atoms with Crippen LogP contribution >= 0.6 is 11.8 Å².